The molecule has 0 bridgehead atoms. The van der Waals surface area contributed by atoms with Crippen LogP contribution in [0.2, 0.25) is 0 Å². The quantitative estimate of drug-likeness (QED) is 0.864. The first-order valence-corrected chi connectivity index (χ1v) is 6.36. The van der Waals surface area contributed by atoms with Gasteiger partial charge in [-0.2, -0.15) is 0 Å². The van der Waals surface area contributed by atoms with Crippen LogP contribution in [0.4, 0.5) is 11.4 Å². The molecule has 1 aliphatic rings. The van der Waals surface area contributed by atoms with Crippen molar-refractivity contribution in [3.05, 3.63) is 18.2 Å². The Hall–Kier alpha value is -1.71. The van der Waals surface area contributed by atoms with Gasteiger partial charge in [-0.15, -0.1) is 0 Å². The second-order valence-corrected chi connectivity index (χ2v) is 5.20. The summed E-state index contributed by atoms with van der Waals surface area (Å²) in [6.45, 7) is 7.98. The van der Waals surface area contributed by atoms with Crippen LogP contribution in [0.3, 0.4) is 0 Å². The molecule has 0 aliphatic carbocycles. The van der Waals surface area contributed by atoms with Crippen molar-refractivity contribution in [2.45, 2.75) is 39.8 Å². The molecular weight excluding hydrogens is 228 g/mol. The Morgan fingerprint density at radius 1 is 1.22 bits per heavy atom. The van der Waals surface area contributed by atoms with E-state index in [-0.39, 0.29) is 24.0 Å². The largest absolute Gasteiger partial charge is 0.489 e. The molecule has 4 nitrogen and oxygen atoms in total. The number of hydrogen-bond acceptors (Lipinski definition) is 3. The molecule has 0 fully saturated rings. The van der Waals surface area contributed by atoms with Gasteiger partial charge in [0.2, 0.25) is 5.91 Å². The number of nitrogens with one attached hydrogen (secondary N) is 2. The van der Waals surface area contributed by atoms with E-state index in [1.54, 1.807) is 0 Å². The fourth-order valence-electron chi connectivity index (χ4n) is 2.04. The number of rotatable bonds is 3. The number of fused-ring (bicyclic) bond motifs is 1. The van der Waals surface area contributed by atoms with Gasteiger partial charge in [-0.25, -0.2) is 0 Å². The molecule has 2 N–H and O–H groups in total. The van der Waals surface area contributed by atoms with Gasteiger partial charge < -0.3 is 15.4 Å². The fraction of sp³-hybridized carbons (Fsp3) is 0.500. The Morgan fingerprint density at radius 2 is 1.94 bits per heavy atom. The zero-order valence-electron chi connectivity index (χ0n) is 11.3. The zero-order valence-corrected chi connectivity index (χ0v) is 11.3. The van der Waals surface area contributed by atoms with Gasteiger partial charge >= 0.3 is 0 Å². The van der Waals surface area contributed by atoms with E-state index >= 15 is 0 Å². The third kappa shape index (κ3) is 2.42. The van der Waals surface area contributed by atoms with E-state index in [0.29, 0.717) is 5.75 Å². The first kappa shape index (κ1) is 12.7. The van der Waals surface area contributed by atoms with E-state index in [9.17, 15) is 4.79 Å². The van der Waals surface area contributed by atoms with Crippen molar-refractivity contribution in [1.82, 2.24) is 0 Å². The molecule has 1 aliphatic heterocycles. The van der Waals surface area contributed by atoms with E-state index in [1.165, 1.54) is 0 Å². The molecule has 0 aromatic heterocycles. The molecule has 1 atom stereocenters. The molecule has 1 aromatic carbocycles. The monoisotopic (exact) mass is 248 g/mol. The number of anilines is 2. The van der Waals surface area contributed by atoms with Gasteiger partial charge in [-0.3, -0.25) is 4.79 Å². The minimum atomic E-state index is -0.188. The minimum absolute atomic E-state index is 0.00249. The minimum Gasteiger partial charge on any atom is -0.489 e. The van der Waals surface area contributed by atoms with Crippen LogP contribution >= 0.6 is 0 Å². The Kier molecular flexibility index (Phi) is 3.45. The Labute approximate surface area is 108 Å². The van der Waals surface area contributed by atoms with Gasteiger partial charge in [0.05, 0.1) is 11.8 Å². The van der Waals surface area contributed by atoms with Crippen molar-refractivity contribution >= 4 is 17.3 Å². The Morgan fingerprint density at radius 3 is 2.56 bits per heavy atom. The van der Waals surface area contributed by atoms with Gasteiger partial charge in [0.15, 0.2) is 0 Å². The van der Waals surface area contributed by atoms with Crippen LogP contribution in [0, 0.1) is 5.92 Å². The fourth-order valence-corrected chi connectivity index (χ4v) is 2.04. The van der Waals surface area contributed by atoms with Crippen molar-refractivity contribution < 1.29 is 9.53 Å². The summed E-state index contributed by atoms with van der Waals surface area (Å²) >= 11 is 0. The summed E-state index contributed by atoms with van der Waals surface area (Å²) in [7, 11) is 0. The first-order valence-electron chi connectivity index (χ1n) is 6.36. The normalized spacial score (nSPS) is 18.3. The standard InChI is InChI=1S/C14H20N2O2/c1-8(2)12-14(17)16-13-10(15-12)6-5-7-11(13)18-9(3)4/h5-9,12,15H,1-4H3,(H,16,17). The maximum atomic E-state index is 12.0. The van der Waals surface area contributed by atoms with Crippen LogP contribution in [0.15, 0.2) is 18.2 Å². The average Bonchev–Trinajstić information content (AvgIpc) is 2.28. The Balaban J connectivity index is 2.33. The van der Waals surface area contributed by atoms with Crippen LogP contribution in [0.1, 0.15) is 27.7 Å². The first-order chi connectivity index (χ1) is 8.49. The van der Waals surface area contributed by atoms with Gasteiger partial charge in [-0.1, -0.05) is 19.9 Å². The van der Waals surface area contributed by atoms with E-state index < -0.39 is 0 Å². The zero-order chi connectivity index (χ0) is 13.3. The molecule has 0 spiro atoms. The number of amides is 1. The van der Waals surface area contributed by atoms with Gasteiger partial charge in [0.1, 0.15) is 17.5 Å². The number of para-hydroxylation sites is 1. The van der Waals surface area contributed by atoms with E-state index in [1.807, 2.05) is 45.9 Å². The van der Waals surface area contributed by atoms with Crippen LogP contribution in [-0.2, 0) is 4.79 Å². The molecule has 1 amide bonds. The molecule has 18 heavy (non-hydrogen) atoms. The lowest BCUT2D eigenvalue weighted by molar-refractivity contribution is -0.117. The molecule has 2 rings (SSSR count). The maximum Gasteiger partial charge on any atom is 0.247 e. The van der Waals surface area contributed by atoms with Crippen LogP contribution in [-0.4, -0.2) is 18.1 Å². The van der Waals surface area contributed by atoms with Crippen molar-refractivity contribution in [3.63, 3.8) is 0 Å². The molecule has 98 valence electrons. The van der Waals surface area contributed by atoms with E-state index in [2.05, 4.69) is 10.6 Å². The highest BCUT2D eigenvalue weighted by Gasteiger charge is 2.29. The molecule has 1 aromatic rings. The number of ether oxygens (including phenoxy) is 1. The van der Waals surface area contributed by atoms with Gasteiger partial charge in [0.25, 0.3) is 0 Å². The van der Waals surface area contributed by atoms with Gasteiger partial charge in [0, 0.05) is 0 Å². The molecular formula is C14H20N2O2. The Bertz CT molecular complexity index is 455. The molecule has 0 saturated carbocycles. The second-order valence-electron chi connectivity index (χ2n) is 5.20. The summed E-state index contributed by atoms with van der Waals surface area (Å²) in [5.74, 6) is 0.954. The lowest BCUT2D eigenvalue weighted by Gasteiger charge is -2.30. The number of benzene rings is 1. The topological polar surface area (TPSA) is 50.4 Å². The average molecular weight is 248 g/mol. The number of carbonyl (C=O) groups is 1. The molecule has 1 unspecified atom stereocenters. The highest BCUT2D eigenvalue weighted by atomic mass is 16.5. The summed E-state index contributed by atoms with van der Waals surface area (Å²) in [5.41, 5.74) is 1.67. The lowest BCUT2D eigenvalue weighted by Crippen LogP contribution is -2.42. The second kappa shape index (κ2) is 4.88. The van der Waals surface area contributed by atoms with Crippen LogP contribution in [0.25, 0.3) is 0 Å². The summed E-state index contributed by atoms with van der Waals surface area (Å²) in [4.78, 5) is 12.0. The maximum absolute atomic E-state index is 12.0. The van der Waals surface area contributed by atoms with E-state index in [4.69, 9.17) is 4.74 Å². The SMILES string of the molecule is CC(C)Oc1cccc2c1NC(=O)C(C(C)C)N2. The summed E-state index contributed by atoms with van der Waals surface area (Å²) in [6, 6.07) is 5.57. The molecule has 0 saturated heterocycles. The van der Waals surface area contributed by atoms with Crippen molar-refractivity contribution in [2.75, 3.05) is 10.6 Å². The van der Waals surface area contributed by atoms with E-state index in [0.717, 1.165) is 11.4 Å². The molecule has 4 heteroatoms. The predicted molar refractivity (Wildman–Crippen MR) is 73.1 cm³/mol. The third-order valence-electron chi connectivity index (χ3n) is 2.90. The van der Waals surface area contributed by atoms with Crippen molar-refractivity contribution in [2.24, 2.45) is 5.92 Å². The summed E-state index contributed by atoms with van der Waals surface area (Å²) in [5, 5.41) is 6.21. The van der Waals surface area contributed by atoms with Crippen molar-refractivity contribution in [3.8, 4) is 5.75 Å². The molecule has 1 heterocycles. The highest BCUT2D eigenvalue weighted by Crippen LogP contribution is 2.37. The number of hydrogen-bond donors (Lipinski definition) is 2. The smallest absolute Gasteiger partial charge is 0.247 e. The lowest BCUT2D eigenvalue weighted by atomic mass is 10.0. The van der Waals surface area contributed by atoms with Crippen LogP contribution in [0.5, 0.6) is 5.75 Å². The summed E-state index contributed by atoms with van der Waals surface area (Å²) in [6.07, 6.45) is 0.0798. The van der Waals surface area contributed by atoms with Crippen LogP contribution < -0.4 is 15.4 Å². The third-order valence-corrected chi connectivity index (χ3v) is 2.90. The number of carbonyl (C=O) groups excluding carboxylic acids is 1. The molecule has 0 radical (unpaired) electrons. The highest BCUT2D eigenvalue weighted by molar-refractivity contribution is 6.04. The van der Waals surface area contributed by atoms with Gasteiger partial charge in [-0.05, 0) is 31.9 Å². The van der Waals surface area contributed by atoms with Crippen molar-refractivity contribution in [1.29, 1.82) is 0 Å². The predicted octanol–water partition coefficient (Wildman–Crippen LogP) is 2.86. The summed E-state index contributed by atoms with van der Waals surface area (Å²) < 4.78 is 5.70.